The van der Waals surface area contributed by atoms with Crippen molar-refractivity contribution in [1.82, 2.24) is 9.78 Å². The van der Waals surface area contributed by atoms with Crippen LogP contribution in [0.25, 0.3) is 5.69 Å². The smallest absolute Gasteiger partial charge is 0.303 e. The third-order valence-corrected chi connectivity index (χ3v) is 2.89. The summed E-state index contributed by atoms with van der Waals surface area (Å²) in [6.45, 7) is 0. The minimum absolute atomic E-state index is 0.0149. The van der Waals surface area contributed by atoms with Crippen molar-refractivity contribution in [2.45, 2.75) is 12.8 Å². The van der Waals surface area contributed by atoms with E-state index in [1.807, 2.05) is 0 Å². The Bertz CT molecular complexity index is 563. The lowest BCUT2D eigenvalue weighted by molar-refractivity contribution is -0.136. The molecule has 0 aliphatic rings. The Morgan fingerprint density at radius 3 is 2.61 bits per heavy atom. The van der Waals surface area contributed by atoms with E-state index in [0.29, 0.717) is 22.8 Å². The number of nitrogens with zero attached hydrogens (tertiary/aromatic N) is 2. The van der Waals surface area contributed by atoms with Crippen molar-refractivity contribution < 1.29 is 15.0 Å². The molecule has 2 aromatic rings. The Labute approximate surface area is 108 Å². The summed E-state index contributed by atoms with van der Waals surface area (Å²) in [6.07, 6.45) is 1.91. The van der Waals surface area contributed by atoms with Crippen molar-refractivity contribution in [3.05, 3.63) is 41.2 Å². The number of phenolic OH excluding ortho intramolecular Hbond substituents is 1. The van der Waals surface area contributed by atoms with Gasteiger partial charge in [0, 0.05) is 12.0 Å². The van der Waals surface area contributed by atoms with Gasteiger partial charge < -0.3 is 10.2 Å². The van der Waals surface area contributed by atoms with Crippen molar-refractivity contribution in [3.63, 3.8) is 0 Å². The predicted molar refractivity (Wildman–Crippen MR) is 66.2 cm³/mol. The summed E-state index contributed by atoms with van der Waals surface area (Å²) in [5.74, 6) is -0.712. The zero-order chi connectivity index (χ0) is 13.1. The van der Waals surface area contributed by atoms with Gasteiger partial charge in [-0.25, -0.2) is 4.68 Å². The Morgan fingerprint density at radius 2 is 2.00 bits per heavy atom. The maximum atomic E-state index is 10.5. The van der Waals surface area contributed by atoms with Crippen molar-refractivity contribution in [2.75, 3.05) is 0 Å². The Hall–Kier alpha value is -2.01. The van der Waals surface area contributed by atoms with Crippen LogP contribution in [0, 0.1) is 0 Å². The van der Waals surface area contributed by atoms with Crippen LogP contribution in [0.1, 0.15) is 12.0 Å². The number of hydrogen-bond acceptors (Lipinski definition) is 3. The predicted octanol–water partition coefficient (Wildman–Crippen LogP) is 2.25. The lowest BCUT2D eigenvalue weighted by Crippen LogP contribution is -1.98. The molecule has 0 saturated heterocycles. The fourth-order valence-electron chi connectivity index (χ4n) is 1.55. The van der Waals surface area contributed by atoms with E-state index >= 15 is 0 Å². The van der Waals surface area contributed by atoms with E-state index in [-0.39, 0.29) is 12.2 Å². The quantitative estimate of drug-likeness (QED) is 0.890. The number of rotatable bonds is 4. The molecule has 18 heavy (non-hydrogen) atoms. The summed E-state index contributed by atoms with van der Waals surface area (Å²) in [6, 6.07) is 6.42. The first-order valence-corrected chi connectivity index (χ1v) is 5.69. The van der Waals surface area contributed by atoms with Crippen LogP contribution in [0.2, 0.25) is 5.15 Å². The standard InChI is InChI=1S/C12H11ClN2O3/c13-12-8(1-6-11(17)18)7-14-15(12)9-2-4-10(16)5-3-9/h2-5,7,16H,1,6H2,(H,17,18). The molecule has 1 aromatic heterocycles. The molecular weight excluding hydrogens is 256 g/mol. The molecule has 0 amide bonds. The molecule has 1 heterocycles. The normalized spacial score (nSPS) is 10.5. The van der Waals surface area contributed by atoms with E-state index < -0.39 is 5.97 Å². The van der Waals surface area contributed by atoms with Gasteiger partial charge in [-0.3, -0.25) is 4.79 Å². The number of halogens is 1. The fourth-order valence-corrected chi connectivity index (χ4v) is 1.84. The summed E-state index contributed by atoms with van der Waals surface area (Å²) >= 11 is 6.13. The Morgan fingerprint density at radius 1 is 1.33 bits per heavy atom. The molecular formula is C12H11ClN2O3. The maximum absolute atomic E-state index is 10.5. The van der Waals surface area contributed by atoms with Gasteiger partial charge in [-0.1, -0.05) is 11.6 Å². The molecule has 6 heteroatoms. The number of aromatic nitrogens is 2. The van der Waals surface area contributed by atoms with Crippen LogP contribution < -0.4 is 0 Å². The van der Waals surface area contributed by atoms with Crippen molar-refractivity contribution >= 4 is 17.6 Å². The number of benzene rings is 1. The molecule has 0 unspecified atom stereocenters. The Kier molecular flexibility index (Phi) is 3.53. The van der Waals surface area contributed by atoms with E-state index in [1.54, 1.807) is 18.3 Å². The van der Waals surface area contributed by atoms with Gasteiger partial charge in [-0.15, -0.1) is 0 Å². The number of carboxylic acids is 1. The van der Waals surface area contributed by atoms with Crippen molar-refractivity contribution in [1.29, 1.82) is 0 Å². The van der Waals surface area contributed by atoms with E-state index in [9.17, 15) is 9.90 Å². The second kappa shape index (κ2) is 5.10. The molecule has 2 rings (SSSR count). The number of aliphatic carboxylic acids is 1. The van der Waals surface area contributed by atoms with Gasteiger partial charge in [0.15, 0.2) is 0 Å². The molecule has 0 aliphatic carbocycles. The first-order chi connectivity index (χ1) is 8.58. The van der Waals surface area contributed by atoms with E-state index in [2.05, 4.69) is 5.10 Å². The SMILES string of the molecule is O=C(O)CCc1cnn(-c2ccc(O)cc2)c1Cl. The van der Waals surface area contributed by atoms with Gasteiger partial charge in [-0.2, -0.15) is 5.10 Å². The average molecular weight is 267 g/mol. The maximum Gasteiger partial charge on any atom is 0.303 e. The van der Waals surface area contributed by atoms with E-state index in [1.165, 1.54) is 16.8 Å². The lowest BCUT2D eigenvalue weighted by Gasteiger charge is -2.03. The molecule has 0 atom stereocenters. The molecule has 1 aromatic carbocycles. The molecule has 2 N–H and O–H groups in total. The molecule has 0 radical (unpaired) electrons. The third-order valence-electron chi connectivity index (χ3n) is 2.48. The topological polar surface area (TPSA) is 75.3 Å². The van der Waals surface area contributed by atoms with Gasteiger partial charge in [0.2, 0.25) is 0 Å². The highest BCUT2D eigenvalue weighted by molar-refractivity contribution is 6.30. The zero-order valence-electron chi connectivity index (χ0n) is 9.38. The van der Waals surface area contributed by atoms with Crippen LogP contribution in [0.4, 0.5) is 0 Å². The fraction of sp³-hybridized carbons (Fsp3) is 0.167. The molecule has 0 aliphatic heterocycles. The van der Waals surface area contributed by atoms with Crippen LogP contribution in [-0.4, -0.2) is 26.0 Å². The van der Waals surface area contributed by atoms with Crippen molar-refractivity contribution in [3.8, 4) is 11.4 Å². The highest BCUT2D eigenvalue weighted by Crippen LogP contribution is 2.22. The number of hydrogen-bond donors (Lipinski definition) is 2. The summed E-state index contributed by atoms with van der Waals surface area (Å²) in [5.41, 5.74) is 1.39. The second-order valence-corrected chi connectivity index (χ2v) is 4.14. The van der Waals surface area contributed by atoms with Gasteiger partial charge >= 0.3 is 5.97 Å². The van der Waals surface area contributed by atoms with Gasteiger partial charge in [0.05, 0.1) is 11.9 Å². The van der Waals surface area contributed by atoms with Gasteiger partial charge in [0.25, 0.3) is 0 Å². The van der Waals surface area contributed by atoms with E-state index in [4.69, 9.17) is 16.7 Å². The Balaban J connectivity index is 2.25. The monoisotopic (exact) mass is 266 g/mol. The highest BCUT2D eigenvalue weighted by atomic mass is 35.5. The van der Waals surface area contributed by atoms with Gasteiger partial charge in [-0.05, 0) is 30.7 Å². The second-order valence-electron chi connectivity index (χ2n) is 3.78. The lowest BCUT2D eigenvalue weighted by atomic mass is 10.2. The molecule has 0 bridgehead atoms. The summed E-state index contributed by atoms with van der Waals surface area (Å²) in [5, 5.41) is 22.3. The molecule has 0 fully saturated rings. The summed E-state index contributed by atoms with van der Waals surface area (Å²) in [7, 11) is 0. The van der Waals surface area contributed by atoms with E-state index in [0.717, 1.165) is 0 Å². The van der Waals surface area contributed by atoms with Crippen LogP contribution in [0.3, 0.4) is 0 Å². The van der Waals surface area contributed by atoms with Crippen LogP contribution in [0.5, 0.6) is 5.75 Å². The number of carboxylic acid groups (broad SMARTS) is 1. The number of aromatic hydroxyl groups is 1. The van der Waals surface area contributed by atoms with Crippen LogP contribution >= 0.6 is 11.6 Å². The number of carbonyl (C=O) groups is 1. The average Bonchev–Trinajstić information content (AvgIpc) is 2.69. The summed E-state index contributed by atoms with van der Waals surface area (Å²) < 4.78 is 1.50. The highest BCUT2D eigenvalue weighted by Gasteiger charge is 2.11. The minimum Gasteiger partial charge on any atom is -0.508 e. The molecule has 94 valence electrons. The largest absolute Gasteiger partial charge is 0.508 e. The molecule has 0 spiro atoms. The number of aryl methyl sites for hydroxylation is 1. The van der Waals surface area contributed by atoms with Crippen molar-refractivity contribution in [2.24, 2.45) is 0 Å². The minimum atomic E-state index is -0.872. The first kappa shape index (κ1) is 12.4. The molecule has 5 nitrogen and oxygen atoms in total. The molecule has 0 saturated carbocycles. The van der Waals surface area contributed by atoms with Crippen LogP contribution in [0.15, 0.2) is 30.5 Å². The van der Waals surface area contributed by atoms with Crippen LogP contribution in [-0.2, 0) is 11.2 Å². The van der Waals surface area contributed by atoms with Gasteiger partial charge in [0.1, 0.15) is 10.9 Å². The number of phenols is 1. The first-order valence-electron chi connectivity index (χ1n) is 5.31. The summed E-state index contributed by atoms with van der Waals surface area (Å²) in [4.78, 5) is 10.5. The zero-order valence-corrected chi connectivity index (χ0v) is 10.1. The third kappa shape index (κ3) is 2.62.